The van der Waals surface area contributed by atoms with Crippen LogP contribution in [0.3, 0.4) is 0 Å². The molecule has 0 aliphatic heterocycles. The number of methoxy groups -OCH3 is 2. The van der Waals surface area contributed by atoms with Gasteiger partial charge in [0.25, 0.3) is 0 Å². The zero-order valence-electron chi connectivity index (χ0n) is 13.0. The molecule has 0 unspecified atom stereocenters. The first-order valence-corrected chi connectivity index (χ1v) is 6.68. The molecule has 1 aromatic heterocycles. The standard InChI is InChI=1S/C15H21N3O3/c1-9(2)21-14-7-12(19-4)10(6-13(14)20-5)11-8-17-18(3)15(11)16/h6-9H,16H2,1-5H3. The van der Waals surface area contributed by atoms with Gasteiger partial charge in [0, 0.05) is 24.2 Å². The Labute approximate surface area is 124 Å². The molecule has 0 bridgehead atoms. The summed E-state index contributed by atoms with van der Waals surface area (Å²) in [5, 5.41) is 4.16. The van der Waals surface area contributed by atoms with Crippen LogP contribution >= 0.6 is 0 Å². The number of benzene rings is 1. The minimum Gasteiger partial charge on any atom is -0.496 e. The Bertz CT molecular complexity index is 635. The number of hydrogen-bond donors (Lipinski definition) is 1. The maximum Gasteiger partial charge on any atom is 0.165 e. The van der Waals surface area contributed by atoms with Crippen molar-refractivity contribution in [2.24, 2.45) is 7.05 Å². The number of nitrogens with zero attached hydrogens (tertiary/aromatic N) is 2. The van der Waals surface area contributed by atoms with Crippen LogP contribution in [0.4, 0.5) is 5.82 Å². The van der Waals surface area contributed by atoms with Crippen LogP contribution in [0.5, 0.6) is 17.2 Å². The third-order valence-electron chi connectivity index (χ3n) is 3.12. The summed E-state index contributed by atoms with van der Waals surface area (Å²) in [5.41, 5.74) is 7.65. The maximum absolute atomic E-state index is 6.04. The molecule has 0 spiro atoms. The lowest BCUT2D eigenvalue weighted by Gasteiger charge is -2.17. The number of nitrogens with two attached hydrogens (primary N) is 1. The molecule has 0 saturated heterocycles. The van der Waals surface area contributed by atoms with E-state index in [-0.39, 0.29) is 6.10 Å². The molecule has 1 aromatic carbocycles. The predicted molar refractivity (Wildman–Crippen MR) is 81.9 cm³/mol. The average molecular weight is 291 g/mol. The van der Waals surface area contributed by atoms with E-state index >= 15 is 0 Å². The molecule has 0 amide bonds. The molecule has 2 rings (SSSR count). The largest absolute Gasteiger partial charge is 0.496 e. The molecule has 2 N–H and O–H groups in total. The molecule has 6 nitrogen and oxygen atoms in total. The summed E-state index contributed by atoms with van der Waals surface area (Å²) < 4.78 is 18.2. The summed E-state index contributed by atoms with van der Waals surface area (Å²) in [6, 6.07) is 3.66. The molecule has 0 aliphatic carbocycles. The van der Waals surface area contributed by atoms with Gasteiger partial charge in [0.15, 0.2) is 11.5 Å². The molecule has 0 radical (unpaired) electrons. The lowest BCUT2D eigenvalue weighted by Crippen LogP contribution is -2.07. The monoisotopic (exact) mass is 291 g/mol. The van der Waals surface area contributed by atoms with Gasteiger partial charge in [-0.25, -0.2) is 0 Å². The fourth-order valence-corrected chi connectivity index (χ4v) is 2.08. The molecule has 0 aliphatic rings. The summed E-state index contributed by atoms with van der Waals surface area (Å²) in [5.74, 6) is 2.48. The van der Waals surface area contributed by atoms with E-state index in [4.69, 9.17) is 19.9 Å². The van der Waals surface area contributed by atoms with Crippen LogP contribution < -0.4 is 19.9 Å². The molecule has 0 fully saturated rings. The van der Waals surface area contributed by atoms with Gasteiger partial charge in [-0.3, -0.25) is 4.68 Å². The molecular weight excluding hydrogens is 270 g/mol. The Balaban J connectivity index is 2.58. The molecule has 21 heavy (non-hydrogen) atoms. The molecule has 2 aromatic rings. The van der Waals surface area contributed by atoms with E-state index in [1.165, 1.54) is 0 Å². The van der Waals surface area contributed by atoms with Crippen molar-refractivity contribution in [3.05, 3.63) is 18.3 Å². The van der Waals surface area contributed by atoms with Crippen LogP contribution in [0.15, 0.2) is 18.3 Å². The highest BCUT2D eigenvalue weighted by Crippen LogP contribution is 2.42. The van der Waals surface area contributed by atoms with Crippen molar-refractivity contribution in [3.63, 3.8) is 0 Å². The van der Waals surface area contributed by atoms with Crippen LogP contribution in [-0.2, 0) is 7.05 Å². The third-order valence-corrected chi connectivity index (χ3v) is 3.12. The quantitative estimate of drug-likeness (QED) is 0.916. The van der Waals surface area contributed by atoms with Gasteiger partial charge in [0.1, 0.15) is 11.6 Å². The van der Waals surface area contributed by atoms with Crippen molar-refractivity contribution < 1.29 is 14.2 Å². The first-order chi connectivity index (χ1) is 9.97. The van der Waals surface area contributed by atoms with Crippen molar-refractivity contribution in [1.82, 2.24) is 9.78 Å². The Kier molecular flexibility index (Phi) is 4.26. The summed E-state index contributed by atoms with van der Waals surface area (Å²) in [6.07, 6.45) is 1.74. The van der Waals surface area contributed by atoms with Crippen molar-refractivity contribution >= 4 is 5.82 Å². The van der Waals surface area contributed by atoms with E-state index in [0.29, 0.717) is 23.1 Å². The number of anilines is 1. The fraction of sp³-hybridized carbons (Fsp3) is 0.400. The number of ether oxygens (including phenoxy) is 3. The van der Waals surface area contributed by atoms with Crippen LogP contribution in [0.1, 0.15) is 13.8 Å². The first kappa shape index (κ1) is 15.0. The van der Waals surface area contributed by atoms with E-state index in [9.17, 15) is 0 Å². The van der Waals surface area contributed by atoms with Gasteiger partial charge in [-0.15, -0.1) is 0 Å². The van der Waals surface area contributed by atoms with E-state index < -0.39 is 0 Å². The van der Waals surface area contributed by atoms with E-state index in [0.717, 1.165) is 11.1 Å². The highest BCUT2D eigenvalue weighted by Gasteiger charge is 2.18. The van der Waals surface area contributed by atoms with Crippen molar-refractivity contribution in [3.8, 4) is 28.4 Å². The predicted octanol–water partition coefficient (Wildman–Crippen LogP) is 2.47. The Morgan fingerprint density at radius 2 is 1.71 bits per heavy atom. The van der Waals surface area contributed by atoms with Gasteiger partial charge in [0.05, 0.1) is 26.5 Å². The molecule has 0 atom stereocenters. The van der Waals surface area contributed by atoms with Crippen LogP contribution in [-0.4, -0.2) is 30.1 Å². The van der Waals surface area contributed by atoms with Crippen LogP contribution in [0.2, 0.25) is 0 Å². The number of hydrogen-bond acceptors (Lipinski definition) is 5. The van der Waals surface area contributed by atoms with Gasteiger partial charge in [0.2, 0.25) is 0 Å². The van der Waals surface area contributed by atoms with Crippen molar-refractivity contribution in [1.29, 1.82) is 0 Å². The fourth-order valence-electron chi connectivity index (χ4n) is 2.08. The minimum atomic E-state index is 0.0397. The highest BCUT2D eigenvalue weighted by atomic mass is 16.5. The Hall–Kier alpha value is -2.37. The second-order valence-corrected chi connectivity index (χ2v) is 4.94. The molecular formula is C15H21N3O3. The maximum atomic E-state index is 6.04. The summed E-state index contributed by atoms with van der Waals surface area (Å²) in [6.45, 7) is 3.91. The van der Waals surface area contributed by atoms with E-state index in [1.807, 2.05) is 19.9 Å². The smallest absolute Gasteiger partial charge is 0.165 e. The van der Waals surface area contributed by atoms with Gasteiger partial charge >= 0.3 is 0 Å². The zero-order chi connectivity index (χ0) is 15.6. The molecule has 0 saturated carbocycles. The molecule has 114 valence electrons. The van der Waals surface area contributed by atoms with Gasteiger partial charge in [-0.2, -0.15) is 5.10 Å². The second-order valence-electron chi connectivity index (χ2n) is 4.94. The number of rotatable bonds is 5. The van der Waals surface area contributed by atoms with Gasteiger partial charge < -0.3 is 19.9 Å². The Morgan fingerprint density at radius 1 is 1.05 bits per heavy atom. The number of aryl methyl sites for hydroxylation is 1. The molecule has 6 heteroatoms. The summed E-state index contributed by atoms with van der Waals surface area (Å²) in [4.78, 5) is 0. The van der Waals surface area contributed by atoms with Gasteiger partial charge in [-0.05, 0) is 19.9 Å². The van der Waals surface area contributed by atoms with E-state index in [1.54, 1.807) is 38.2 Å². The lowest BCUT2D eigenvalue weighted by atomic mass is 10.1. The Morgan fingerprint density at radius 3 is 2.19 bits per heavy atom. The number of aromatic nitrogens is 2. The number of nitrogen functional groups attached to an aromatic ring is 1. The van der Waals surface area contributed by atoms with Crippen LogP contribution in [0, 0.1) is 0 Å². The van der Waals surface area contributed by atoms with Crippen molar-refractivity contribution in [2.75, 3.05) is 20.0 Å². The zero-order valence-corrected chi connectivity index (χ0v) is 13.0. The first-order valence-electron chi connectivity index (χ1n) is 6.68. The van der Waals surface area contributed by atoms with Crippen LogP contribution in [0.25, 0.3) is 11.1 Å². The summed E-state index contributed by atoms with van der Waals surface area (Å²) >= 11 is 0. The average Bonchev–Trinajstić information content (AvgIpc) is 2.78. The molecule has 1 heterocycles. The van der Waals surface area contributed by atoms with Crippen molar-refractivity contribution in [2.45, 2.75) is 20.0 Å². The van der Waals surface area contributed by atoms with E-state index in [2.05, 4.69) is 5.10 Å². The lowest BCUT2D eigenvalue weighted by molar-refractivity contribution is 0.229. The van der Waals surface area contributed by atoms with Gasteiger partial charge in [-0.1, -0.05) is 0 Å². The highest BCUT2D eigenvalue weighted by molar-refractivity contribution is 5.80. The SMILES string of the molecule is COc1cc(-c2cnn(C)c2N)c(OC)cc1OC(C)C. The minimum absolute atomic E-state index is 0.0397. The normalized spacial score (nSPS) is 10.8. The topological polar surface area (TPSA) is 71.5 Å². The second kappa shape index (κ2) is 5.95. The third kappa shape index (κ3) is 2.89. The summed E-state index contributed by atoms with van der Waals surface area (Å²) in [7, 11) is 5.00.